The summed E-state index contributed by atoms with van der Waals surface area (Å²) in [7, 11) is 0. The number of aliphatic hydroxyl groups excluding tert-OH is 1. The number of aliphatic hydroxyl groups is 1. The quantitative estimate of drug-likeness (QED) is 0.749. The summed E-state index contributed by atoms with van der Waals surface area (Å²) >= 11 is 5.98. The van der Waals surface area contributed by atoms with Crippen LogP contribution in [0.1, 0.15) is 5.56 Å². The summed E-state index contributed by atoms with van der Waals surface area (Å²) in [6.45, 7) is 3.53. The van der Waals surface area contributed by atoms with Gasteiger partial charge in [0.25, 0.3) is 5.91 Å². The zero-order valence-electron chi connectivity index (χ0n) is 11.4. The zero-order valence-corrected chi connectivity index (χ0v) is 12.1. The summed E-state index contributed by atoms with van der Waals surface area (Å²) in [6, 6.07) is 5.33. The Labute approximate surface area is 123 Å². The van der Waals surface area contributed by atoms with Gasteiger partial charge in [-0.25, -0.2) is 0 Å². The molecule has 5 nitrogen and oxygen atoms in total. The molecule has 1 aliphatic rings. The second kappa shape index (κ2) is 6.92. The van der Waals surface area contributed by atoms with Crippen LogP contribution in [0.3, 0.4) is 0 Å². The van der Waals surface area contributed by atoms with Gasteiger partial charge in [0, 0.05) is 36.1 Å². The molecule has 110 valence electrons. The topological polar surface area (TPSA) is 70.6 Å². The highest BCUT2D eigenvalue weighted by Gasteiger charge is 2.24. The molecule has 2 rings (SSSR count). The molecule has 6 heteroatoms. The van der Waals surface area contributed by atoms with Crippen molar-refractivity contribution in [1.82, 2.24) is 10.6 Å². The first-order valence-electron chi connectivity index (χ1n) is 6.61. The van der Waals surface area contributed by atoms with E-state index in [1.165, 1.54) is 0 Å². The number of ether oxygens (including phenoxy) is 1. The second-order valence-corrected chi connectivity index (χ2v) is 5.35. The molecule has 1 aromatic carbocycles. The van der Waals surface area contributed by atoms with Crippen LogP contribution in [-0.4, -0.2) is 43.4 Å². The van der Waals surface area contributed by atoms with E-state index in [0.717, 1.165) is 12.1 Å². The minimum Gasteiger partial charge on any atom is -0.483 e. The van der Waals surface area contributed by atoms with E-state index in [1.807, 2.05) is 6.92 Å². The molecule has 2 atom stereocenters. The molecule has 3 N–H and O–H groups in total. The highest BCUT2D eigenvalue weighted by molar-refractivity contribution is 6.31. The average Bonchev–Trinajstić information content (AvgIpc) is 2.83. The molecule has 1 fully saturated rings. The van der Waals surface area contributed by atoms with Crippen LogP contribution in [0.5, 0.6) is 5.75 Å². The maximum absolute atomic E-state index is 11.7. The Morgan fingerprint density at radius 2 is 2.35 bits per heavy atom. The van der Waals surface area contributed by atoms with E-state index >= 15 is 0 Å². The lowest BCUT2D eigenvalue weighted by Gasteiger charge is -2.15. The van der Waals surface area contributed by atoms with Gasteiger partial charge in [0.2, 0.25) is 0 Å². The maximum atomic E-state index is 11.7. The molecule has 0 aliphatic carbocycles. The Kier molecular flexibility index (Phi) is 5.23. The van der Waals surface area contributed by atoms with Crippen LogP contribution in [0.4, 0.5) is 0 Å². The molecular weight excluding hydrogens is 280 g/mol. The Bertz CT molecular complexity index is 481. The number of amides is 1. The molecule has 0 bridgehead atoms. The van der Waals surface area contributed by atoms with Gasteiger partial charge < -0.3 is 20.5 Å². The summed E-state index contributed by atoms with van der Waals surface area (Å²) in [5.74, 6) is 0.463. The lowest BCUT2D eigenvalue weighted by atomic mass is 10.1. The van der Waals surface area contributed by atoms with Gasteiger partial charge in [-0.15, -0.1) is 0 Å². The molecule has 0 spiro atoms. The van der Waals surface area contributed by atoms with Crippen molar-refractivity contribution >= 4 is 17.5 Å². The van der Waals surface area contributed by atoms with E-state index in [-0.39, 0.29) is 18.4 Å². The molecule has 1 heterocycles. The van der Waals surface area contributed by atoms with E-state index in [2.05, 4.69) is 10.6 Å². The minimum atomic E-state index is -0.397. The first-order chi connectivity index (χ1) is 9.58. The lowest BCUT2D eigenvalue weighted by molar-refractivity contribution is -0.123. The fraction of sp³-hybridized carbons (Fsp3) is 0.500. The molecule has 0 aromatic heterocycles. The third kappa shape index (κ3) is 3.85. The summed E-state index contributed by atoms with van der Waals surface area (Å²) in [5.41, 5.74) is 0.817. The summed E-state index contributed by atoms with van der Waals surface area (Å²) in [6.07, 6.45) is -0.397. The number of halogens is 1. The number of carbonyl (C=O) groups is 1. The highest BCUT2D eigenvalue weighted by Crippen LogP contribution is 2.24. The van der Waals surface area contributed by atoms with E-state index in [0.29, 0.717) is 23.9 Å². The number of carbonyl (C=O) groups excluding carboxylic acids is 1. The summed E-state index contributed by atoms with van der Waals surface area (Å²) in [4.78, 5) is 11.7. The van der Waals surface area contributed by atoms with Gasteiger partial charge in [-0.1, -0.05) is 17.7 Å². The van der Waals surface area contributed by atoms with Crippen LogP contribution >= 0.6 is 11.6 Å². The Hall–Kier alpha value is -1.30. The predicted molar refractivity (Wildman–Crippen MR) is 77.1 cm³/mol. The van der Waals surface area contributed by atoms with Gasteiger partial charge in [0.05, 0.1) is 6.10 Å². The number of rotatable bonds is 5. The molecule has 20 heavy (non-hydrogen) atoms. The fourth-order valence-corrected chi connectivity index (χ4v) is 2.28. The fourth-order valence-electron chi connectivity index (χ4n) is 2.11. The van der Waals surface area contributed by atoms with Gasteiger partial charge in [-0.05, 0) is 19.1 Å². The number of nitrogens with one attached hydrogen (secondary N) is 2. The first-order valence-corrected chi connectivity index (χ1v) is 6.99. The van der Waals surface area contributed by atoms with E-state index in [1.54, 1.807) is 18.2 Å². The third-order valence-electron chi connectivity index (χ3n) is 3.44. The van der Waals surface area contributed by atoms with Crippen molar-refractivity contribution in [2.75, 3.05) is 26.2 Å². The third-order valence-corrected chi connectivity index (χ3v) is 3.85. The van der Waals surface area contributed by atoms with Gasteiger partial charge in [0.15, 0.2) is 6.61 Å². The standard InChI is InChI=1S/C14H19ClN2O3/c1-9-11(15)3-2-4-13(9)20-8-14(19)17-6-10-5-16-7-12(10)18/h2-4,10,12,16,18H,5-8H2,1H3,(H,17,19). The lowest BCUT2D eigenvalue weighted by Crippen LogP contribution is -2.36. The number of β-amino-alcohol motifs (C(OH)–C–C–N with tert-alkyl or cyclic N) is 1. The Balaban J connectivity index is 1.76. The molecule has 1 amide bonds. The van der Waals surface area contributed by atoms with Crippen molar-refractivity contribution in [3.05, 3.63) is 28.8 Å². The van der Waals surface area contributed by atoms with Crippen molar-refractivity contribution in [3.63, 3.8) is 0 Å². The molecule has 1 aromatic rings. The summed E-state index contributed by atoms with van der Waals surface area (Å²) < 4.78 is 5.45. The highest BCUT2D eigenvalue weighted by atomic mass is 35.5. The van der Waals surface area contributed by atoms with Crippen LogP contribution in [0.25, 0.3) is 0 Å². The molecule has 1 aliphatic heterocycles. The van der Waals surface area contributed by atoms with Crippen LogP contribution in [-0.2, 0) is 4.79 Å². The van der Waals surface area contributed by atoms with Gasteiger partial charge in [0.1, 0.15) is 5.75 Å². The second-order valence-electron chi connectivity index (χ2n) is 4.94. The maximum Gasteiger partial charge on any atom is 0.257 e. The van der Waals surface area contributed by atoms with E-state index in [9.17, 15) is 9.90 Å². The smallest absolute Gasteiger partial charge is 0.257 e. The van der Waals surface area contributed by atoms with Crippen molar-refractivity contribution in [1.29, 1.82) is 0 Å². The number of hydrogen-bond donors (Lipinski definition) is 3. The van der Waals surface area contributed by atoms with Crippen molar-refractivity contribution in [3.8, 4) is 5.75 Å². The predicted octanol–water partition coefficient (Wildman–Crippen LogP) is 0.724. The monoisotopic (exact) mass is 298 g/mol. The van der Waals surface area contributed by atoms with Gasteiger partial charge in [-0.3, -0.25) is 4.79 Å². The van der Waals surface area contributed by atoms with Crippen LogP contribution < -0.4 is 15.4 Å². The Morgan fingerprint density at radius 1 is 1.55 bits per heavy atom. The largest absolute Gasteiger partial charge is 0.483 e. The number of benzene rings is 1. The number of hydrogen-bond acceptors (Lipinski definition) is 4. The van der Waals surface area contributed by atoms with Crippen molar-refractivity contribution in [2.45, 2.75) is 13.0 Å². The molecule has 0 saturated carbocycles. The Morgan fingerprint density at radius 3 is 3.05 bits per heavy atom. The van der Waals surface area contributed by atoms with Crippen LogP contribution in [0.2, 0.25) is 5.02 Å². The van der Waals surface area contributed by atoms with Gasteiger partial charge in [-0.2, -0.15) is 0 Å². The SMILES string of the molecule is Cc1c(Cl)cccc1OCC(=O)NCC1CNCC1O. The van der Waals surface area contributed by atoms with Crippen molar-refractivity contribution < 1.29 is 14.6 Å². The van der Waals surface area contributed by atoms with E-state index in [4.69, 9.17) is 16.3 Å². The van der Waals surface area contributed by atoms with Crippen LogP contribution in [0, 0.1) is 12.8 Å². The minimum absolute atomic E-state index is 0.0581. The zero-order chi connectivity index (χ0) is 14.5. The normalized spacial score (nSPS) is 21.8. The van der Waals surface area contributed by atoms with Crippen molar-refractivity contribution in [2.24, 2.45) is 5.92 Å². The molecule has 2 unspecified atom stereocenters. The van der Waals surface area contributed by atoms with E-state index < -0.39 is 6.10 Å². The molecular formula is C14H19ClN2O3. The average molecular weight is 299 g/mol. The molecule has 0 radical (unpaired) electrons. The van der Waals surface area contributed by atoms with Crippen LogP contribution in [0.15, 0.2) is 18.2 Å². The first kappa shape index (κ1) is 15.1. The van der Waals surface area contributed by atoms with Gasteiger partial charge >= 0.3 is 0 Å². The molecule has 1 saturated heterocycles. The summed E-state index contributed by atoms with van der Waals surface area (Å²) in [5, 5.41) is 16.1.